The summed E-state index contributed by atoms with van der Waals surface area (Å²) in [4.78, 5) is 30.7. The van der Waals surface area contributed by atoms with Crippen LogP contribution in [0.4, 0.5) is 5.69 Å². The molecule has 2 aromatic carbocycles. The van der Waals surface area contributed by atoms with Gasteiger partial charge in [0, 0.05) is 16.6 Å². The van der Waals surface area contributed by atoms with Crippen LogP contribution in [0, 0.1) is 0 Å². The standard InChI is InChI=1S/C21H19BrN2O4S/c1-3-24-19(25)18(12-14-10-15(22)8-9-17(14)28-4-2)29-21(24)23-16-7-5-6-13(11-16)20(26)27/h5-12H,3-4H2,1-2H3,(H,26,27). The molecule has 1 heterocycles. The Bertz CT molecular complexity index is 1020. The van der Waals surface area contributed by atoms with Gasteiger partial charge >= 0.3 is 5.97 Å². The van der Waals surface area contributed by atoms with Gasteiger partial charge in [-0.05, 0) is 68.1 Å². The van der Waals surface area contributed by atoms with Crippen LogP contribution in [0.15, 0.2) is 56.8 Å². The minimum absolute atomic E-state index is 0.145. The van der Waals surface area contributed by atoms with Crippen molar-refractivity contribution < 1.29 is 19.4 Å². The molecule has 1 N–H and O–H groups in total. The van der Waals surface area contributed by atoms with Gasteiger partial charge in [0.05, 0.1) is 22.8 Å². The van der Waals surface area contributed by atoms with E-state index in [4.69, 9.17) is 9.84 Å². The number of carboxylic acids is 1. The van der Waals surface area contributed by atoms with Crippen LogP contribution in [-0.4, -0.2) is 40.2 Å². The first-order chi connectivity index (χ1) is 13.9. The SMILES string of the molecule is CCOc1ccc(Br)cc1C=C1SC(=Nc2cccc(C(=O)O)c2)N(CC)C1=O. The minimum Gasteiger partial charge on any atom is -0.493 e. The van der Waals surface area contributed by atoms with Crippen molar-refractivity contribution in [1.29, 1.82) is 0 Å². The highest BCUT2D eigenvalue weighted by Gasteiger charge is 2.32. The number of carbonyl (C=O) groups is 2. The number of carbonyl (C=O) groups excluding carboxylic acids is 1. The van der Waals surface area contributed by atoms with Crippen LogP contribution in [0.25, 0.3) is 6.08 Å². The highest BCUT2D eigenvalue weighted by Crippen LogP contribution is 2.36. The summed E-state index contributed by atoms with van der Waals surface area (Å²) >= 11 is 4.71. The van der Waals surface area contributed by atoms with Crippen molar-refractivity contribution >= 4 is 56.5 Å². The first-order valence-electron chi connectivity index (χ1n) is 8.98. The van der Waals surface area contributed by atoms with Crippen LogP contribution in [-0.2, 0) is 4.79 Å². The van der Waals surface area contributed by atoms with Crippen molar-refractivity contribution in [2.75, 3.05) is 13.2 Å². The highest BCUT2D eigenvalue weighted by molar-refractivity contribution is 9.10. The van der Waals surface area contributed by atoms with Gasteiger partial charge in [-0.3, -0.25) is 9.69 Å². The Balaban J connectivity index is 1.98. The molecule has 2 aromatic rings. The lowest BCUT2D eigenvalue weighted by molar-refractivity contribution is -0.122. The van der Waals surface area contributed by atoms with E-state index in [0.717, 1.165) is 10.0 Å². The van der Waals surface area contributed by atoms with Gasteiger partial charge in [0.2, 0.25) is 0 Å². The number of halogens is 1. The van der Waals surface area contributed by atoms with E-state index in [2.05, 4.69) is 20.9 Å². The molecule has 0 unspecified atom stereocenters. The van der Waals surface area contributed by atoms with Crippen molar-refractivity contribution in [2.45, 2.75) is 13.8 Å². The highest BCUT2D eigenvalue weighted by atomic mass is 79.9. The molecule has 1 saturated heterocycles. The van der Waals surface area contributed by atoms with Gasteiger partial charge in [-0.2, -0.15) is 0 Å². The van der Waals surface area contributed by atoms with Crippen molar-refractivity contribution in [1.82, 2.24) is 4.90 Å². The molecular formula is C21H19BrN2O4S. The van der Waals surface area contributed by atoms with Crippen molar-refractivity contribution in [3.8, 4) is 5.75 Å². The van der Waals surface area contributed by atoms with Crippen LogP contribution >= 0.6 is 27.7 Å². The molecule has 29 heavy (non-hydrogen) atoms. The maximum absolute atomic E-state index is 12.9. The van der Waals surface area contributed by atoms with Crippen LogP contribution in [0.1, 0.15) is 29.8 Å². The lowest BCUT2D eigenvalue weighted by atomic mass is 10.2. The Morgan fingerprint density at radius 1 is 1.28 bits per heavy atom. The first kappa shape index (κ1) is 21.1. The Morgan fingerprint density at radius 3 is 2.76 bits per heavy atom. The molecule has 1 aliphatic rings. The molecule has 6 nitrogen and oxygen atoms in total. The average molecular weight is 475 g/mol. The molecule has 0 saturated carbocycles. The summed E-state index contributed by atoms with van der Waals surface area (Å²) in [6.45, 7) is 4.75. The molecule has 0 spiro atoms. The molecule has 1 aliphatic heterocycles. The number of hydrogen-bond donors (Lipinski definition) is 1. The average Bonchev–Trinajstić information content (AvgIpc) is 2.98. The van der Waals surface area contributed by atoms with Gasteiger partial charge < -0.3 is 9.84 Å². The van der Waals surface area contributed by atoms with Crippen LogP contribution in [0.2, 0.25) is 0 Å². The third kappa shape index (κ3) is 4.89. The zero-order chi connectivity index (χ0) is 21.0. The fraction of sp³-hybridized carbons (Fsp3) is 0.190. The molecule has 1 fully saturated rings. The number of benzene rings is 2. The number of nitrogens with zero attached hydrogens (tertiary/aromatic N) is 2. The molecule has 8 heteroatoms. The largest absolute Gasteiger partial charge is 0.493 e. The van der Waals surface area contributed by atoms with E-state index in [1.54, 1.807) is 23.1 Å². The smallest absolute Gasteiger partial charge is 0.335 e. The summed E-state index contributed by atoms with van der Waals surface area (Å²) in [5.41, 5.74) is 1.43. The second kappa shape index (κ2) is 9.28. The number of aliphatic imine (C=N–C) groups is 1. The second-order valence-corrected chi connectivity index (χ2v) is 7.95. The maximum Gasteiger partial charge on any atom is 0.335 e. The zero-order valence-electron chi connectivity index (χ0n) is 15.9. The van der Waals surface area contributed by atoms with Gasteiger partial charge in [0.15, 0.2) is 5.17 Å². The normalized spacial score (nSPS) is 16.7. The van der Waals surface area contributed by atoms with Crippen LogP contribution in [0.5, 0.6) is 5.75 Å². The molecule has 0 atom stereocenters. The van der Waals surface area contributed by atoms with Gasteiger partial charge in [-0.1, -0.05) is 22.0 Å². The lowest BCUT2D eigenvalue weighted by Gasteiger charge is -2.12. The molecule has 1 amide bonds. The summed E-state index contributed by atoms with van der Waals surface area (Å²) < 4.78 is 6.55. The van der Waals surface area contributed by atoms with Gasteiger partial charge in [0.1, 0.15) is 5.75 Å². The van der Waals surface area contributed by atoms with Crippen molar-refractivity contribution in [3.63, 3.8) is 0 Å². The molecule has 0 bridgehead atoms. The predicted molar refractivity (Wildman–Crippen MR) is 119 cm³/mol. The molecule has 0 aliphatic carbocycles. The van der Waals surface area contributed by atoms with E-state index < -0.39 is 5.97 Å². The van der Waals surface area contributed by atoms with Crippen LogP contribution < -0.4 is 4.74 Å². The van der Waals surface area contributed by atoms with Gasteiger partial charge in [-0.15, -0.1) is 0 Å². The molecule has 0 aromatic heterocycles. The van der Waals surface area contributed by atoms with E-state index >= 15 is 0 Å². The minimum atomic E-state index is -1.02. The Kier molecular flexibility index (Phi) is 6.76. The van der Waals surface area contributed by atoms with Crippen LogP contribution in [0.3, 0.4) is 0 Å². The predicted octanol–water partition coefficient (Wildman–Crippen LogP) is 5.17. The molecular weight excluding hydrogens is 456 g/mol. The third-order valence-corrected chi connectivity index (χ3v) is 5.58. The monoisotopic (exact) mass is 474 g/mol. The first-order valence-corrected chi connectivity index (χ1v) is 10.6. The molecule has 3 rings (SSSR count). The quantitative estimate of drug-likeness (QED) is 0.584. The van der Waals surface area contributed by atoms with Crippen molar-refractivity contribution in [2.24, 2.45) is 4.99 Å². The third-order valence-electron chi connectivity index (χ3n) is 4.08. The van der Waals surface area contributed by atoms with E-state index in [0.29, 0.717) is 34.7 Å². The Morgan fingerprint density at radius 2 is 2.07 bits per heavy atom. The fourth-order valence-corrected chi connectivity index (χ4v) is 4.18. The van der Waals surface area contributed by atoms with Gasteiger partial charge in [0.25, 0.3) is 5.91 Å². The zero-order valence-corrected chi connectivity index (χ0v) is 18.3. The Labute approximate surface area is 181 Å². The number of amidine groups is 1. The number of aromatic carboxylic acids is 1. The van der Waals surface area contributed by atoms with E-state index in [9.17, 15) is 9.59 Å². The number of ether oxygens (including phenoxy) is 1. The summed E-state index contributed by atoms with van der Waals surface area (Å²) in [6, 6.07) is 12.0. The molecule has 0 radical (unpaired) electrons. The summed E-state index contributed by atoms with van der Waals surface area (Å²) in [6.07, 6.45) is 1.79. The number of thioether (sulfide) groups is 1. The topological polar surface area (TPSA) is 79.2 Å². The summed E-state index contributed by atoms with van der Waals surface area (Å²) in [5, 5.41) is 9.68. The lowest BCUT2D eigenvalue weighted by Crippen LogP contribution is -2.28. The van der Waals surface area contributed by atoms with Gasteiger partial charge in [-0.25, -0.2) is 9.79 Å². The fourth-order valence-electron chi connectivity index (χ4n) is 2.75. The molecule has 150 valence electrons. The number of likely N-dealkylation sites (N-methyl/N-ethyl adjacent to an activating group) is 1. The number of hydrogen-bond acceptors (Lipinski definition) is 5. The maximum atomic E-state index is 12.9. The number of rotatable bonds is 6. The Hall–Kier alpha value is -2.58. The van der Waals surface area contributed by atoms with E-state index in [-0.39, 0.29) is 11.5 Å². The number of amides is 1. The summed E-state index contributed by atoms with van der Waals surface area (Å²) in [7, 11) is 0. The van der Waals surface area contributed by atoms with Crippen molar-refractivity contribution in [3.05, 3.63) is 63.0 Å². The number of carboxylic acid groups (broad SMARTS) is 1. The van der Waals surface area contributed by atoms with E-state index in [1.165, 1.54) is 23.9 Å². The summed E-state index contributed by atoms with van der Waals surface area (Å²) in [5.74, 6) is -0.472. The van der Waals surface area contributed by atoms with E-state index in [1.807, 2.05) is 32.0 Å². The second-order valence-electron chi connectivity index (χ2n) is 6.03.